The molecule has 0 saturated carbocycles. The minimum Gasteiger partial charge on any atom is -0.341 e. The average Bonchev–Trinajstić information content (AvgIpc) is 2.41. The van der Waals surface area contributed by atoms with Crippen molar-refractivity contribution in [3.8, 4) is 0 Å². The Hall–Kier alpha value is -1.66. The van der Waals surface area contributed by atoms with Gasteiger partial charge in [0.2, 0.25) is 5.91 Å². The maximum Gasteiger partial charge on any atom is 0.321 e. The molecule has 7 heteroatoms. The molecule has 0 aliphatic rings. The van der Waals surface area contributed by atoms with Crippen LogP contribution in [0.3, 0.4) is 0 Å². The van der Waals surface area contributed by atoms with Gasteiger partial charge >= 0.3 is 6.03 Å². The molecule has 0 unspecified atom stereocenters. The summed E-state index contributed by atoms with van der Waals surface area (Å²) in [5.74, 6) is -0.900. The predicted octanol–water partition coefficient (Wildman–Crippen LogP) is 1.75. The highest BCUT2D eigenvalue weighted by Crippen LogP contribution is 2.20. The Balaban J connectivity index is 2.73. The van der Waals surface area contributed by atoms with Crippen molar-refractivity contribution in [1.82, 2.24) is 15.5 Å². The van der Waals surface area contributed by atoms with Crippen molar-refractivity contribution in [2.24, 2.45) is 0 Å². The number of rotatable bonds is 4. The molecule has 1 aromatic carbocycles. The van der Waals surface area contributed by atoms with Crippen LogP contribution < -0.4 is 10.6 Å². The van der Waals surface area contributed by atoms with E-state index in [1.165, 1.54) is 19.2 Å². The van der Waals surface area contributed by atoms with Gasteiger partial charge in [-0.25, -0.2) is 9.18 Å². The normalized spacial score (nSPS) is 12.1. The number of nitrogens with zero attached hydrogens (tertiary/aromatic N) is 1. The third kappa shape index (κ3) is 4.18. The Morgan fingerprint density at radius 2 is 2.10 bits per heavy atom. The molecule has 1 aromatic rings. The molecule has 0 aromatic heterocycles. The fourth-order valence-corrected chi connectivity index (χ4v) is 1.77. The van der Waals surface area contributed by atoms with E-state index in [-0.39, 0.29) is 6.54 Å². The third-order valence-corrected chi connectivity index (χ3v) is 3.33. The minimum atomic E-state index is -0.608. The molecule has 110 valence electrons. The Morgan fingerprint density at radius 1 is 1.45 bits per heavy atom. The summed E-state index contributed by atoms with van der Waals surface area (Å²) < 4.78 is 13.7. The zero-order valence-corrected chi connectivity index (χ0v) is 12.3. The largest absolute Gasteiger partial charge is 0.341 e. The van der Waals surface area contributed by atoms with E-state index < -0.39 is 23.8 Å². The Bertz CT molecular complexity index is 490. The van der Waals surface area contributed by atoms with Crippen molar-refractivity contribution in [2.75, 3.05) is 14.1 Å². The first-order valence-electron chi connectivity index (χ1n) is 6.02. The predicted molar refractivity (Wildman–Crippen MR) is 74.9 cm³/mol. The summed E-state index contributed by atoms with van der Waals surface area (Å²) in [4.78, 5) is 24.4. The van der Waals surface area contributed by atoms with E-state index >= 15 is 0 Å². The van der Waals surface area contributed by atoms with Gasteiger partial charge in [0, 0.05) is 24.2 Å². The maximum absolute atomic E-state index is 13.7. The van der Waals surface area contributed by atoms with Gasteiger partial charge in [0.1, 0.15) is 5.82 Å². The standard InChI is InChI=1S/C13H17ClFN3O2/c1-8(12(19)17-13(20)16-2)18(3)7-9-10(14)5-4-6-11(9)15/h4-6,8H,7H2,1-3H3,(H2,16,17,19,20)/t8-/m0/s1. The van der Waals surface area contributed by atoms with E-state index in [1.54, 1.807) is 24.9 Å². The molecular weight excluding hydrogens is 285 g/mol. The average molecular weight is 302 g/mol. The molecule has 0 spiro atoms. The lowest BCUT2D eigenvalue weighted by molar-refractivity contribution is -0.124. The molecule has 1 atom stereocenters. The number of likely N-dealkylation sites (N-methyl/N-ethyl adjacent to an activating group) is 1. The number of imide groups is 1. The number of benzene rings is 1. The summed E-state index contributed by atoms with van der Waals surface area (Å²) in [7, 11) is 3.06. The number of urea groups is 1. The van der Waals surface area contributed by atoms with Crippen LogP contribution in [-0.4, -0.2) is 37.0 Å². The highest BCUT2D eigenvalue weighted by Gasteiger charge is 2.21. The van der Waals surface area contributed by atoms with Crippen molar-refractivity contribution in [3.05, 3.63) is 34.6 Å². The zero-order valence-electron chi connectivity index (χ0n) is 11.5. The molecule has 0 bridgehead atoms. The first kappa shape index (κ1) is 16.4. The quantitative estimate of drug-likeness (QED) is 0.891. The second-order valence-corrected chi connectivity index (χ2v) is 4.77. The lowest BCUT2D eigenvalue weighted by Crippen LogP contribution is -2.47. The van der Waals surface area contributed by atoms with Crippen molar-refractivity contribution >= 4 is 23.5 Å². The van der Waals surface area contributed by atoms with E-state index in [9.17, 15) is 14.0 Å². The number of carbonyl (C=O) groups excluding carboxylic acids is 2. The first-order valence-corrected chi connectivity index (χ1v) is 6.40. The molecule has 0 aliphatic heterocycles. The van der Waals surface area contributed by atoms with Crippen molar-refractivity contribution in [1.29, 1.82) is 0 Å². The molecular formula is C13H17ClFN3O2. The molecule has 0 heterocycles. The molecule has 3 amide bonds. The minimum absolute atomic E-state index is 0.161. The van der Waals surface area contributed by atoms with Gasteiger partial charge in [-0.2, -0.15) is 0 Å². The van der Waals surface area contributed by atoms with E-state index in [2.05, 4.69) is 10.6 Å². The van der Waals surface area contributed by atoms with Crippen LogP contribution in [0.4, 0.5) is 9.18 Å². The number of nitrogens with one attached hydrogen (secondary N) is 2. The maximum atomic E-state index is 13.7. The molecule has 1 rings (SSSR count). The van der Waals surface area contributed by atoms with Gasteiger partial charge < -0.3 is 5.32 Å². The van der Waals surface area contributed by atoms with Crippen LogP contribution in [0.1, 0.15) is 12.5 Å². The zero-order chi connectivity index (χ0) is 15.3. The molecule has 2 N–H and O–H groups in total. The van der Waals surface area contributed by atoms with Gasteiger partial charge in [0.25, 0.3) is 0 Å². The number of carbonyl (C=O) groups is 2. The molecule has 5 nitrogen and oxygen atoms in total. The topological polar surface area (TPSA) is 61.4 Å². The van der Waals surface area contributed by atoms with Crippen molar-refractivity contribution < 1.29 is 14.0 Å². The van der Waals surface area contributed by atoms with E-state index in [1.807, 2.05) is 0 Å². The smallest absolute Gasteiger partial charge is 0.321 e. The number of halogens is 2. The van der Waals surface area contributed by atoms with Gasteiger partial charge in [0.15, 0.2) is 0 Å². The highest BCUT2D eigenvalue weighted by atomic mass is 35.5. The van der Waals surface area contributed by atoms with Crippen molar-refractivity contribution in [3.63, 3.8) is 0 Å². The summed E-state index contributed by atoms with van der Waals surface area (Å²) in [5.41, 5.74) is 0.316. The van der Waals surface area contributed by atoms with E-state index in [4.69, 9.17) is 11.6 Å². The molecule has 0 fully saturated rings. The number of hydrogen-bond acceptors (Lipinski definition) is 3. The van der Waals surface area contributed by atoms with Crippen LogP contribution >= 0.6 is 11.6 Å². The van der Waals surface area contributed by atoms with Crippen molar-refractivity contribution in [2.45, 2.75) is 19.5 Å². The molecule has 0 saturated heterocycles. The second kappa shape index (κ2) is 7.21. The van der Waals surface area contributed by atoms with Gasteiger partial charge in [-0.15, -0.1) is 0 Å². The summed E-state index contributed by atoms with van der Waals surface area (Å²) in [6, 6.07) is 3.22. The van der Waals surface area contributed by atoms with Gasteiger partial charge in [-0.3, -0.25) is 15.0 Å². The summed E-state index contributed by atoms with van der Waals surface area (Å²) >= 11 is 5.93. The monoisotopic (exact) mass is 301 g/mol. The lowest BCUT2D eigenvalue weighted by Gasteiger charge is -2.24. The number of hydrogen-bond donors (Lipinski definition) is 2. The van der Waals surface area contributed by atoms with Crippen LogP contribution in [0.15, 0.2) is 18.2 Å². The van der Waals surface area contributed by atoms with Crippen LogP contribution in [0.5, 0.6) is 0 Å². The highest BCUT2D eigenvalue weighted by molar-refractivity contribution is 6.31. The number of amides is 3. The summed E-state index contributed by atoms with van der Waals surface area (Å²) in [6.07, 6.45) is 0. The summed E-state index contributed by atoms with van der Waals surface area (Å²) in [6.45, 7) is 1.78. The molecule has 0 aliphatic carbocycles. The van der Waals surface area contributed by atoms with Gasteiger partial charge in [0.05, 0.1) is 6.04 Å². The van der Waals surface area contributed by atoms with Crippen LogP contribution in [0.2, 0.25) is 5.02 Å². The van der Waals surface area contributed by atoms with E-state index in [0.717, 1.165) is 0 Å². The van der Waals surface area contributed by atoms with Crippen LogP contribution in [0, 0.1) is 5.82 Å². The Kier molecular flexibility index (Phi) is 5.91. The van der Waals surface area contributed by atoms with Gasteiger partial charge in [-0.1, -0.05) is 17.7 Å². The Labute approximate surface area is 122 Å². The van der Waals surface area contributed by atoms with Gasteiger partial charge in [-0.05, 0) is 26.1 Å². The van der Waals surface area contributed by atoms with Crippen LogP contribution in [-0.2, 0) is 11.3 Å². The summed E-state index contributed by atoms with van der Waals surface area (Å²) in [5, 5.41) is 4.76. The fraction of sp³-hybridized carbons (Fsp3) is 0.385. The molecule has 20 heavy (non-hydrogen) atoms. The Morgan fingerprint density at radius 3 is 2.65 bits per heavy atom. The third-order valence-electron chi connectivity index (χ3n) is 2.97. The first-order chi connectivity index (χ1) is 9.36. The lowest BCUT2D eigenvalue weighted by atomic mass is 10.1. The SMILES string of the molecule is CNC(=O)NC(=O)[C@H](C)N(C)Cc1c(F)cccc1Cl. The molecule has 0 radical (unpaired) electrons. The second-order valence-electron chi connectivity index (χ2n) is 4.36. The fourth-order valence-electron chi connectivity index (χ4n) is 1.55. The van der Waals surface area contributed by atoms with Crippen LogP contribution in [0.25, 0.3) is 0 Å². The van der Waals surface area contributed by atoms with E-state index in [0.29, 0.717) is 10.6 Å².